The van der Waals surface area contributed by atoms with Crippen LogP contribution in [0.1, 0.15) is 290 Å². The number of esters is 3. The third-order valence-electron chi connectivity index (χ3n) is 11.9. The normalized spacial score (nSPS) is 12.1. The Labute approximate surface area is 379 Å². The molecule has 0 saturated heterocycles. The molecule has 0 radical (unpaired) electrons. The van der Waals surface area contributed by atoms with Gasteiger partial charge in [0.2, 0.25) is 0 Å². The molecule has 6 heteroatoms. The number of ether oxygens (including phenoxy) is 3. The second-order valence-corrected chi connectivity index (χ2v) is 18.1. The summed E-state index contributed by atoms with van der Waals surface area (Å²) in [5, 5.41) is 0. The fourth-order valence-electron chi connectivity index (χ4n) is 7.84. The summed E-state index contributed by atoms with van der Waals surface area (Å²) in [6.45, 7) is 6.61. The Bertz CT molecular complexity index is 989. The first kappa shape index (κ1) is 58.9. The molecule has 0 amide bonds. The quantitative estimate of drug-likeness (QED) is 0.0262. The molecule has 0 rings (SSSR count). The zero-order chi connectivity index (χ0) is 44.4. The molecule has 1 atom stereocenters. The van der Waals surface area contributed by atoms with E-state index in [0.717, 1.165) is 57.8 Å². The van der Waals surface area contributed by atoms with Crippen molar-refractivity contribution in [2.24, 2.45) is 0 Å². The van der Waals surface area contributed by atoms with E-state index in [9.17, 15) is 14.4 Å². The molecule has 1 unspecified atom stereocenters. The first-order valence-corrected chi connectivity index (χ1v) is 26.8. The van der Waals surface area contributed by atoms with Gasteiger partial charge >= 0.3 is 17.9 Å². The van der Waals surface area contributed by atoms with E-state index >= 15 is 0 Å². The lowest BCUT2D eigenvalue weighted by atomic mass is 10.1. The molecule has 0 aliphatic heterocycles. The van der Waals surface area contributed by atoms with Crippen LogP contribution in [0.2, 0.25) is 0 Å². The minimum atomic E-state index is -0.768. The van der Waals surface area contributed by atoms with E-state index in [0.29, 0.717) is 19.3 Å². The van der Waals surface area contributed by atoms with Gasteiger partial charge in [-0.05, 0) is 70.6 Å². The lowest BCUT2D eigenvalue weighted by Crippen LogP contribution is -2.30. The van der Waals surface area contributed by atoms with Crippen LogP contribution in [0.4, 0.5) is 0 Å². The predicted molar refractivity (Wildman–Crippen MR) is 261 cm³/mol. The molecule has 358 valence electrons. The van der Waals surface area contributed by atoms with Gasteiger partial charge in [-0.25, -0.2) is 0 Å². The van der Waals surface area contributed by atoms with Gasteiger partial charge in [0.25, 0.3) is 0 Å². The molecule has 0 saturated carbocycles. The van der Waals surface area contributed by atoms with Gasteiger partial charge in [0.05, 0.1) is 0 Å². The maximum Gasteiger partial charge on any atom is 0.306 e. The maximum absolute atomic E-state index is 12.8. The van der Waals surface area contributed by atoms with Crippen molar-refractivity contribution in [2.45, 2.75) is 297 Å². The topological polar surface area (TPSA) is 78.9 Å². The van der Waals surface area contributed by atoms with Gasteiger partial charge in [0.1, 0.15) is 13.2 Å². The van der Waals surface area contributed by atoms with Crippen LogP contribution >= 0.6 is 0 Å². The molecule has 0 aromatic rings. The van der Waals surface area contributed by atoms with Crippen molar-refractivity contribution in [3.8, 4) is 0 Å². The highest BCUT2D eigenvalue weighted by Crippen LogP contribution is 2.15. The number of hydrogen-bond acceptors (Lipinski definition) is 6. The minimum absolute atomic E-state index is 0.0709. The SMILES string of the molecule is CCCCCCCC/C=C\CCCCCCCCCCCC(=O)OCC(COC(=O)CCCCCCCCC)OC(=O)CCCCCCCCC/C=C\CCCCCCCC. The second kappa shape index (κ2) is 50.5. The number of carbonyl (C=O) groups is 3. The summed E-state index contributed by atoms with van der Waals surface area (Å²) in [7, 11) is 0. The van der Waals surface area contributed by atoms with Crippen LogP contribution in [0, 0.1) is 0 Å². The molecular weight excluding hydrogens is 757 g/mol. The van der Waals surface area contributed by atoms with E-state index in [1.807, 2.05) is 0 Å². The summed E-state index contributed by atoms with van der Waals surface area (Å²) in [4.78, 5) is 37.8. The van der Waals surface area contributed by atoms with Crippen molar-refractivity contribution < 1.29 is 28.6 Å². The Morgan fingerprint density at radius 1 is 0.311 bits per heavy atom. The van der Waals surface area contributed by atoms with E-state index in [1.54, 1.807) is 0 Å². The summed E-state index contributed by atoms with van der Waals surface area (Å²) in [6.07, 6.45) is 57.5. The number of carbonyl (C=O) groups excluding carboxylic acids is 3. The molecule has 6 nitrogen and oxygen atoms in total. The number of unbranched alkanes of at least 4 members (excludes halogenated alkanes) is 34. The third kappa shape index (κ3) is 48.8. The van der Waals surface area contributed by atoms with E-state index in [1.165, 1.54) is 193 Å². The van der Waals surface area contributed by atoms with Gasteiger partial charge in [-0.1, -0.05) is 225 Å². The van der Waals surface area contributed by atoms with Crippen LogP contribution in [-0.4, -0.2) is 37.2 Å². The Kier molecular flexibility index (Phi) is 48.8. The average Bonchev–Trinajstić information content (AvgIpc) is 3.26. The smallest absolute Gasteiger partial charge is 0.306 e. The van der Waals surface area contributed by atoms with Crippen LogP contribution in [0.25, 0.3) is 0 Å². The van der Waals surface area contributed by atoms with E-state index in [-0.39, 0.29) is 31.1 Å². The lowest BCUT2D eigenvalue weighted by molar-refractivity contribution is -0.167. The minimum Gasteiger partial charge on any atom is -0.462 e. The average molecular weight is 859 g/mol. The molecule has 0 aliphatic rings. The zero-order valence-electron chi connectivity index (χ0n) is 40.9. The molecule has 0 aromatic heterocycles. The summed E-state index contributed by atoms with van der Waals surface area (Å²) in [5.41, 5.74) is 0. The van der Waals surface area contributed by atoms with Crippen molar-refractivity contribution in [2.75, 3.05) is 13.2 Å². The van der Waals surface area contributed by atoms with Gasteiger partial charge in [-0.3, -0.25) is 14.4 Å². The summed E-state index contributed by atoms with van der Waals surface area (Å²) < 4.78 is 16.8. The Morgan fingerprint density at radius 3 is 0.820 bits per heavy atom. The fourth-order valence-corrected chi connectivity index (χ4v) is 7.84. The van der Waals surface area contributed by atoms with Crippen molar-refractivity contribution in [1.82, 2.24) is 0 Å². The number of hydrogen-bond donors (Lipinski definition) is 0. The summed E-state index contributed by atoms with van der Waals surface area (Å²) in [6, 6.07) is 0. The molecule has 0 heterocycles. The van der Waals surface area contributed by atoms with Gasteiger partial charge in [-0.15, -0.1) is 0 Å². The van der Waals surface area contributed by atoms with Crippen molar-refractivity contribution in [3.05, 3.63) is 24.3 Å². The zero-order valence-corrected chi connectivity index (χ0v) is 40.9. The third-order valence-corrected chi connectivity index (χ3v) is 11.9. The first-order valence-electron chi connectivity index (χ1n) is 26.8. The molecule has 0 aromatic carbocycles. The van der Waals surface area contributed by atoms with Crippen molar-refractivity contribution >= 4 is 17.9 Å². The first-order chi connectivity index (χ1) is 30.0. The molecule has 0 fully saturated rings. The van der Waals surface area contributed by atoms with Crippen LogP contribution in [-0.2, 0) is 28.6 Å². The highest BCUT2D eigenvalue weighted by molar-refractivity contribution is 5.71. The number of rotatable bonds is 49. The monoisotopic (exact) mass is 859 g/mol. The highest BCUT2D eigenvalue weighted by Gasteiger charge is 2.19. The van der Waals surface area contributed by atoms with Crippen LogP contribution in [0.5, 0.6) is 0 Å². The maximum atomic E-state index is 12.8. The summed E-state index contributed by atoms with van der Waals surface area (Å²) in [5.74, 6) is -0.871. The second-order valence-electron chi connectivity index (χ2n) is 18.1. The van der Waals surface area contributed by atoms with E-state index in [4.69, 9.17) is 14.2 Å². The Morgan fingerprint density at radius 2 is 0.541 bits per heavy atom. The van der Waals surface area contributed by atoms with Gasteiger partial charge in [-0.2, -0.15) is 0 Å². The Hall–Kier alpha value is -2.11. The van der Waals surface area contributed by atoms with Crippen molar-refractivity contribution in [3.63, 3.8) is 0 Å². The Balaban J connectivity index is 4.21. The molecule has 0 N–H and O–H groups in total. The molecule has 0 aliphatic carbocycles. The van der Waals surface area contributed by atoms with Crippen LogP contribution < -0.4 is 0 Å². The van der Waals surface area contributed by atoms with Gasteiger partial charge < -0.3 is 14.2 Å². The molecule has 0 spiro atoms. The number of allylic oxidation sites excluding steroid dienone is 4. The van der Waals surface area contributed by atoms with Crippen molar-refractivity contribution in [1.29, 1.82) is 0 Å². The van der Waals surface area contributed by atoms with E-state index < -0.39 is 6.10 Å². The van der Waals surface area contributed by atoms with E-state index in [2.05, 4.69) is 45.1 Å². The predicted octanol–water partition coefficient (Wildman–Crippen LogP) is 17.5. The lowest BCUT2D eigenvalue weighted by Gasteiger charge is -2.18. The summed E-state index contributed by atoms with van der Waals surface area (Å²) >= 11 is 0. The largest absolute Gasteiger partial charge is 0.462 e. The van der Waals surface area contributed by atoms with Gasteiger partial charge in [0.15, 0.2) is 6.10 Å². The molecule has 61 heavy (non-hydrogen) atoms. The van der Waals surface area contributed by atoms with Crippen LogP contribution in [0.15, 0.2) is 24.3 Å². The molecule has 0 bridgehead atoms. The fraction of sp³-hybridized carbons (Fsp3) is 0.873. The van der Waals surface area contributed by atoms with Crippen LogP contribution in [0.3, 0.4) is 0 Å². The molecular formula is C55H102O6. The highest BCUT2D eigenvalue weighted by atomic mass is 16.6. The standard InChI is InChI=1S/C55H102O6/c1-4-7-10-13-16-18-20-22-24-26-27-29-30-32-34-36-39-42-45-48-54(57)60-51-52(50-59-53(56)47-44-41-38-15-12-9-6-3)61-55(58)49-46-43-40-37-35-33-31-28-25-23-21-19-17-14-11-8-5-2/h22-25,52H,4-21,26-51H2,1-3H3/b24-22-,25-23-. The van der Waals surface area contributed by atoms with Gasteiger partial charge in [0, 0.05) is 19.3 Å².